The first kappa shape index (κ1) is 28.1. The van der Waals surface area contributed by atoms with Gasteiger partial charge < -0.3 is 10.0 Å². The molecule has 0 amide bonds. The smallest absolute Gasteiger partial charge is 0.303 e. The third kappa shape index (κ3) is 5.35. The van der Waals surface area contributed by atoms with E-state index in [-0.39, 0.29) is 16.7 Å². The Morgan fingerprint density at radius 1 is 1.05 bits per heavy atom. The molecule has 1 unspecified atom stereocenters. The minimum absolute atomic E-state index is 0.0478. The van der Waals surface area contributed by atoms with Crippen molar-refractivity contribution in [2.24, 2.45) is 5.92 Å². The van der Waals surface area contributed by atoms with Crippen LogP contribution in [-0.4, -0.2) is 78.5 Å². The van der Waals surface area contributed by atoms with Crippen LogP contribution in [0.1, 0.15) is 62.6 Å². The van der Waals surface area contributed by atoms with E-state index in [0.29, 0.717) is 5.92 Å². The highest BCUT2D eigenvalue weighted by Crippen LogP contribution is 2.48. The van der Waals surface area contributed by atoms with Gasteiger partial charge in [0.1, 0.15) is 6.54 Å². The lowest BCUT2D eigenvalue weighted by atomic mass is 9.70. The molecule has 2 aromatic rings. The van der Waals surface area contributed by atoms with E-state index < -0.39 is 16.1 Å². The van der Waals surface area contributed by atoms with Crippen LogP contribution in [0.15, 0.2) is 46.9 Å². The molecule has 0 bridgehead atoms. The van der Waals surface area contributed by atoms with Crippen LogP contribution in [0.4, 0.5) is 11.4 Å². The van der Waals surface area contributed by atoms with Crippen LogP contribution in [0.2, 0.25) is 0 Å². The van der Waals surface area contributed by atoms with Crippen molar-refractivity contribution in [2.75, 3.05) is 44.2 Å². The van der Waals surface area contributed by atoms with Gasteiger partial charge in [-0.25, -0.2) is 0 Å². The molecule has 3 aliphatic heterocycles. The summed E-state index contributed by atoms with van der Waals surface area (Å²) in [5.74, 6) is -0.277. The minimum atomic E-state index is -4.26. The van der Waals surface area contributed by atoms with Gasteiger partial charge in [0.2, 0.25) is 5.69 Å². The number of piperazine rings is 1. The third-order valence-corrected chi connectivity index (χ3v) is 10.4. The summed E-state index contributed by atoms with van der Waals surface area (Å²) in [5.41, 5.74) is 8.18. The molecule has 0 radical (unpaired) electrons. The number of hydrogen-bond acceptors (Lipinski definition) is 5. The molecule has 218 valence electrons. The summed E-state index contributed by atoms with van der Waals surface area (Å²) in [6, 6.07) is 11.9. The van der Waals surface area contributed by atoms with Crippen LogP contribution in [0.25, 0.3) is 6.08 Å². The molecule has 6 rings (SSSR count). The van der Waals surface area contributed by atoms with Gasteiger partial charge in [0.05, 0.1) is 10.3 Å². The van der Waals surface area contributed by atoms with E-state index in [4.69, 9.17) is 5.11 Å². The largest absolute Gasteiger partial charge is 0.481 e. The second-order valence-electron chi connectivity index (χ2n) is 12.5. The quantitative estimate of drug-likeness (QED) is 0.265. The lowest BCUT2D eigenvalue weighted by Gasteiger charge is -2.37. The predicted molar refractivity (Wildman–Crippen MR) is 160 cm³/mol. The van der Waals surface area contributed by atoms with Crippen LogP contribution < -0.4 is 4.90 Å². The third-order valence-electron chi connectivity index (χ3n) is 9.51. The topological polar surface area (TPSA) is 101 Å². The fourth-order valence-corrected chi connectivity index (χ4v) is 7.84. The number of allylic oxidation sites excluding steroid dienone is 1. The number of rotatable bonds is 8. The normalized spacial score (nSPS) is 21.6. The van der Waals surface area contributed by atoms with E-state index in [2.05, 4.69) is 52.5 Å². The number of fused-ring (bicyclic) bond motifs is 5. The number of hydrogen-bond donors (Lipinski definition) is 2. The number of carboxylic acid groups (broad SMARTS) is 1. The summed E-state index contributed by atoms with van der Waals surface area (Å²) in [4.78, 5) is 15.6. The number of carbonyl (C=O) groups is 1. The highest BCUT2D eigenvalue weighted by Gasteiger charge is 2.51. The SMILES string of the molecule is CC1(C)C2=[N+](CCC3Cc4cc(N5CCN(CCCCCC(=O)O)CC5)ccc4C=C23)c2ccc(S(=O)(=O)O)cc21. The molecule has 0 aromatic heterocycles. The maximum Gasteiger partial charge on any atom is 0.303 e. The van der Waals surface area contributed by atoms with Gasteiger partial charge in [-0.15, -0.1) is 0 Å². The highest BCUT2D eigenvalue weighted by molar-refractivity contribution is 7.85. The van der Waals surface area contributed by atoms with Crippen molar-refractivity contribution < 1.29 is 27.4 Å². The average Bonchev–Trinajstić information content (AvgIpc) is 3.17. The lowest BCUT2D eigenvalue weighted by Crippen LogP contribution is -2.46. The molecule has 1 saturated heterocycles. The van der Waals surface area contributed by atoms with E-state index in [9.17, 15) is 17.8 Å². The zero-order chi connectivity index (χ0) is 28.9. The molecule has 1 aliphatic carbocycles. The summed E-state index contributed by atoms with van der Waals surface area (Å²) in [7, 11) is -4.26. The number of unbranched alkanes of at least 4 members (excludes halogenated alkanes) is 2. The van der Waals surface area contributed by atoms with Gasteiger partial charge in [-0.05, 0) is 81.1 Å². The van der Waals surface area contributed by atoms with Crippen molar-refractivity contribution in [3.8, 4) is 0 Å². The van der Waals surface area contributed by atoms with Crippen molar-refractivity contribution in [3.05, 3.63) is 58.7 Å². The van der Waals surface area contributed by atoms with E-state index in [1.54, 1.807) is 6.07 Å². The Labute approximate surface area is 242 Å². The number of aliphatic carboxylic acids is 1. The summed E-state index contributed by atoms with van der Waals surface area (Å²) in [6.45, 7) is 10.3. The number of nitrogens with zero attached hydrogens (tertiary/aromatic N) is 3. The number of benzene rings is 2. The van der Waals surface area contributed by atoms with Gasteiger partial charge in [-0.3, -0.25) is 14.2 Å². The van der Waals surface area contributed by atoms with E-state index >= 15 is 0 Å². The second kappa shape index (κ2) is 10.7. The Morgan fingerprint density at radius 3 is 2.56 bits per heavy atom. The van der Waals surface area contributed by atoms with E-state index in [1.807, 2.05) is 6.07 Å². The van der Waals surface area contributed by atoms with Gasteiger partial charge in [0, 0.05) is 67.8 Å². The first-order valence-electron chi connectivity index (χ1n) is 14.8. The Balaban J connectivity index is 1.17. The molecule has 41 heavy (non-hydrogen) atoms. The molecular formula is C32H40N3O5S+. The molecule has 4 aliphatic rings. The first-order valence-corrected chi connectivity index (χ1v) is 16.3. The number of carboxylic acids is 1. The fourth-order valence-electron chi connectivity index (χ4n) is 7.34. The van der Waals surface area contributed by atoms with Gasteiger partial charge in [-0.1, -0.05) is 12.5 Å². The molecule has 1 fully saturated rings. The molecular weight excluding hydrogens is 538 g/mol. The van der Waals surface area contributed by atoms with Gasteiger partial charge >= 0.3 is 5.97 Å². The fraction of sp³-hybridized carbons (Fsp3) is 0.500. The van der Waals surface area contributed by atoms with Crippen molar-refractivity contribution in [3.63, 3.8) is 0 Å². The van der Waals surface area contributed by atoms with E-state index in [0.717, 1.165) is 82.6 Å². The molecule has 2 N–H and O–H groups in total. The van der Waals surface area contributed by atoms with Crippen LogP contribution in [0.5, 0.6) is 0 Å². The van der Waals surface area contributed by atoms with Crippen molar-refractivity contribution in [1.29, 1.82) is 0 Å². The number of anilines is 1. The Hall–Kier alpha value is -3.01. The summed E-state index contributed by atoms with van der Waals surface area (Å²) < 4.78 is 35.7. The highest BCUT2D eigenvalue weighted by atomic mass is 32.2. The summed E-state index contributed by atoms with van der Waals surface area (Å²) >= 11 is 0. The maximum atomic E-state index is 11.9. The average molecular weight is 579 g/mol. The maximum absolute atomic E-state index is 11.9. The molecule has 3 heterocycles. The van der Waals surface area contributed by atoms with Gasteiger partial charge in [0.15, 0.2) is 5.71 Å². The molecule has 2 aromatic carbocycles. The Kier molecular flexibility index (Phi) is 7.32. The molecule has 8 nitrogen and oxygen atoms in total. The standard InChI is InChI=1S/C32H39N3O5S/c1-32(2)28-21-26(41(38,39)40)9-10-29(28)35-13-11-23-18-24-19-25(8-7-22(24)20-27(23)31(32)35)34-16-14-33(15-17-34)12-5-3-4-6-30(36)37/h7-10,19-21,23H,3-6,11-18H2,1-2H3,(H-,36,37,38,39,40)/p+1. The first-order chi connectivity index (χ1) is 19.5. The Bertz CT molecular complexity index is 1550. The van der Waals surface area contributed by atoms with Crippen LogP contribution in [0.3, 0.4) is 0 Å². The molecule has 0 spiro atoms. The Morgan fingerprint density at radius 2 is 1.83 bits per heavy atom. The minimum Gasteiger partial charge on any atom is -0.481 e. The summed E-state index contributed by atoms with van der Waals surface area (Å²) in [5, 5.41) is 8.81. The van der Waals surface area contributed by atoms with Gasteiger partial charge in [-0.2, -0.15) is 13.0 Å². The predicted octanol–water partition coefficient (Wildman–Crippen LogP) is 4.74. The van der Waals surface area contributed by atoms with E-state index in [1.165, 1.54) is 34.2 Å². The van der Waals surface area contributed by atoms with Crippen LogP contribution in [0, 0.1) is 5.92 Å². The van der Waals surface area contributed by atoms with Gasteiger partial charge in [0.25, 0.3) is 10.1 Å². The lowest BCUT2D eigenvalue weighted by molar-refractivity contribution is -0.443. The molecule has 1 atom stereocenters. The molecule has 9 heteroatoms. The monoisotopic (exact) mass is 578 g/mol. The zero-order valence-electron chi connectivity index (χ0n) is 24.0. The van der Waals surface area contributed by atoms with Crippen LogP contribution in [-0.2, 0) is 26.7 Å². The van der Waals surface area contributed by atoms with Crippen molar-refractivity contribution in [2.45, 2.75) is 62.7 Å². The second-order valence-corrected chi connectivity index (χ2v) is 13.9. The zero-order valence-corrected chi connectivity index (χ0v) is 24.8. The van der Waals surface area contributed by atoms with Crippen molar-refractivity contribution in [1.82, 2.24) is 4.90 Å². The molecule has 0 saturated carbocycles. The van der Waals surface area contributed by atoms with Crippen LogP contribution >= 0.6 is 0 Å². The summed E-state index contributed by atoms with van der Waals surface area (Å²) in [6.07, 6.45) is 7.46. The van der Waals surface area contributed by atoms with Crippen molar-refractivity contribution >= 4 is 39.2 Å².